The summed E-state index contributed by atoms with van der Waals surface area (Å²) in [6, 6.07) is 1.25. The molecule has 0 aromatic carbocycles. The summed E-state index contributed by atoms with van der Waals surface area (Å²) in [5, 5.41) is 7.21. The van der Waals surface area contributed by atoms with E-state index in [1.165, 1.54) is 38.6 Å². The second-order valence-corrected chi connectivity index (χ2v) is 7.72. The number of rotatable bonds is 12. The summed E-state index contributed by atoms with van der Waals surface area (Å²) in [6.45, 7) is 18.5. The van der Waals surface area contributed by atoms with Gasteiger partial charge in [0.2, 0.25) is 0 Å². The lowest BCUT2D eigenvalue weighted by atomic mass is 9.83. The monoisotopic (exact) mass is 284 g/mol. The van der Waals surface area contributed by atoms with Crippen LogP contribution in [0, 0.1) is 11.3 Å². The zero-order valence-corrected chi connectivity index (χ0v) is 15.2. The fourth-order valence-corrected chi connectivity index (χ4v) is 2.31. The maximum absolute atomic E-state index is 3.68. The molecule has 20 heavy (non-hydrogen) atoms. The van der Waals surface area contributed by atoms with Crippen LogP contribution in [0.3, 0.4) is 0 Å². The van der Waals surface area contributed by atoms with Gasteiger partial charge < -0.3 is 10.6 Å². The van der Waals surface area contributed by atoms with Gasteiger partial charge >= 0.3 is 0 Å². The van der Waals surface area contributed by atoms with Crippen LogP contribution in [0.1, 0.15) is 80.6 Å². The molecule has 0 aromatic rings. The van der Waals surface area contributed by atoms with Crippen molar-refractivity contribution < 1.29 is 0 Å². The zero-order chi connectivity index (χ0) is 15.6. The van der Waals surface area contributed by atoms with Crippen molar-refractivity contribution in [1.29, 1.82) is 0 Å². The molecule has 122 valence electrons. The summed E-state index contributed by atoms with van der Waals surface area (Å²) >= 11 is 0. The molecule has 2 atom stereocenters. The molecule has 0 rings (SSSR count). The molecule has 0 fully saturated rings. The molecule has 2 unspecified atom stereocenters. The van der Waals surface area contributed by atoms with E-state index in [4.69, 9.17) is 0 Å². The summed E-state index contributed by atoms with van der Waals surface area (Å²) in [4.78, 5) is 0. The van der Waals surface area contributed by atoms with E-state index in [1.54, 1.807) is 0 Å². The molecule has 0 aliphatic heterocycles. The van der Waals surface area contributed by atoms with Gasteiger partial charge in [0.1, 0.15) is 0 Å². The van der Waals surface area contributed by atoms with Crippen LogP contribution in [-0.2, 0) is 0 Å². The van der Waals surface area contributed by atoms with Crippen LogP contribution < -0.4 is 10.6 Å². The van der Waals surface area contributed by atoms with E-state index in [9.17, 15) is 0 Å². The van der Waals surface area contributed by atoms with Crippen LogP contribution in [0.4, 0.5) is 0 Å². The van der Waals surface area contributed by atoms with Gasteiger partial charge in [-0.25, -0.2) is 0 Å². The van der Waals surface area contributed by atoms with Gasteiger partial charge in [-0.2, -0.15) is 0 Å². The van der Waals surface area contributed by atoms with Crippen molar-refractivity contribution in [2.24, 2.45) is 11.3 Å². The Bertz CT molecular complexity index is 223. The summed E-state index contributed by atoms with van der Waals surface area (Å²) in [7, 11) is 0. The van der Waals surface area contributed by atoms with Gasteiger partial charge in [0.05, 0.1) is 0 Å². The molecule has 0 saturated carbocycles. The molecule has 0 saturated heterocycles. The predicted molar refractivity (Wildman–Crippen MR) is 92.3 cm³/mol. The summed E-state index contributed by atoms with van der Waals surface area (Å²) in [5.74, 6) is 0.855. The lowest BCUT2D eigenvalue weighted by Gasteiger charge is -2.27. The zero-order valence-electron chi connectivity index (χ0n) is 15.2. The maximum Gasteiger partial charge on any atom is 0.00389 e. The van der Waals surface area contributed by atoms with Crippen molar-refractivity contribution in [3.63, 3.8) is 0 Å². The van der Waals surface area contributed by atoms with Gasteiger partial charge in [-0.05, 0) is 57.0 Å². The first kappa shape index (κ1) is 19.9. The highest BCUT2D eigenvalue weighted by molar-refractivity contribution is 4.74. The average Bonchev–Trinajstić information content (AvgIpc) is 2.35. The molecule has 0 radical (unpaired) electrons. The van der Waals surface area contributed by atoms with E-state index >= 15 is 0 Å². The molecule has 0 spiro atoms. The molecule has 0 aromatic heterocycles. The average molecular weight is 285 g/mol. The third-order valence-electron chi connectivity index (χ3n) is 4.44. The summed E-state index contributed by atoms with van der Waals surface area (Å²) in [6.07, 6.45) is 6.47. The van der Waals surface area contributed by atoms with Gasteiger partial charge in [-0.1, -0.05) is 48.0 Å². The van der Waals surface area contributed by atoms with Gasteiger partial charge in [-0.15, -0.1) is 0 Å². The summed E-state index contributed by atoms with van der Waals surface area (Å²) < 4.78 is 0. The minimum atomic E-state index is 0.453. The third kappa shape index (κ3) is 11.7. The van der Waals surface area contributed by atoms with Crippen LogP contribution in [0.25, 0.3) is 0 Å². The summed E-state index contributed by atoms with van der Waals surface area (Å²) in [5.41, 5.74) is 0.453. The number of hydrogen-bond donors (Lipinski definition) is 2. The molecule has 0 heterocycles. The fraction of sp³-hybridized carbons (Fsp3) is 1.00. The van der Waals surface area contributed by atoms with E-state index in [-0.39, 0.29) is 0 Å². The SMILES string of the molecule is CCC(C)CCNC(C)CCC(C)(C)CCNC(C)C. The first-order valence-corrected chi connectivity index (χ1v) is 8.73. The molecule has 0 aliphatic carbocycles. The molecule has 2 nitrogen and oxygen atoms in total. The third-order valence-corrected chi connectivity index (χ3v) is 4.44. The van der Waals surface area contributed by atoms with E-state index in [0.29, 0.717) is 17.5 Å². The van der Waals surface area contributed by atoms with Crippen molar-refractivity contribution in [3.05, 3.63) is 0 Å². The van der Waals surface area contributed by atoms with E-state index < -0.39 is 0 Å². The predicted octanol–water partition coefficient (Wildman–Crippen LogP) is 4.60. The quantitative estimate of drug-likeness (QED) is 0.547. The molecule has 0 aliphatic rings. The van der Waals surface area contributed by atoms with Crippen molar-refractivity contribution in [3.8, 4) is 0 Å². The lowest BCUT2D eigenvalue weighted by Crippen LogP contribution is -2.31. The van der Waals surface area contributed by atoms with E-state index in [1.807, 2.05) is 0 Å². The topological polar surface area (TPSA) is 24.1 Å². The Labute approximate surface area is 128 Å². The Morgan fingerprint density at radius 3 is 2.05 bits per heavy atom. The molecular weight excluding hydrogens is 244 g/mol. The Morgan fingerprint density at radius 1 is 0.850 bits per heavy atom. The van der Waals surface area contributed by atoms with Gasteiger partial charge in [0.25, 0.3) is 0 Å². The van der Waals surface area contributed by atoms with Gasteiger partial charge in [-0.3, -0.25) is 0 Å². The van der Waals surface area contributed by atoms with E-state index in [0.717, 1.165) is 12.5 Å². The molecule has 0 amide bonds. The van der Waals surface area contributed by atoms with Gasteiger partial charge in [0, 0.05) is 12.1 Å². The molecular formula is C18H40N2. The Morgan fingerprint density at radius 2 is 1.50 bits per heavy atom. The highest BCUT2D eigenvalue weighted by Gasteiger charge is 2.18. The minimum Gasteiger partial charge on any atom is -0.315 e. The standard InChI is InChI=1S/C18H40N2/c1-8-16(4)10-13-20-17(5)9-11-18(6,7)12-14-19-15(2)3/h15-17,19-20H,8-14H2,1-7H3. The van der Waals surface area contributed by atoms with Crippen LogP contribution in [0.2, 0.25) is 0 Å². The van der Waals surface area contributed by atoms with Crippen molar-refractivity contribution in [1.82, 2.24) is 10.6 Å². The second kappa shape index (κ2) is 10.6. The second-order valence-electron chi connectivity index (χ2n) is 7.72. The van der Waals surface area contributed by atoms with Crippen LogP contribution in [0.15, 0.2) is 0 Å². The Balaban J connectivity index is 3.72. The largest absolute Gasteiger partial charge is 0.315 e. The molecule has 0 bridgehead atoms. The number of hydrogen-bond acceptors (Lipinski definition) is 2. The Hall–Kier alpha value is -0.0800. The van der Waals surface area contributed by atoms with Crippen molar-refractivity contribution in [2.75, 3.05) is 13.1 Å². The molecule has 2 N–H and O–H groups in total. The molecule has 2 heteroatoms. The smallest absolute Gasteiger partial charge is 0.00389 e. The van der Waals surface area contributed by atoms with Crippen LogP contribution in [0.5, 0.6) is 0 Å². The normalized spacial score (nSPS) is 15.6. The highest BCUT2D eigenvalue weighted by atomic mass is 14.9. The van der Waals surface area contributed by atoms with Crippen LogP contribution in [-0.4, -0.2) is 25.2 Å². The van der Waals surface area contributed by atoms with Crippen molar-refractivity contribution >= 4 is 0 Å². The maximum atomic E-state index is 3.68. The highest BCUT2D eigenvalue weighted by Crippen LogP contribution is 2.27. The lowest BCUT2D eigenvalue weighted by molar-refractivity contribution is 0.274. The minimum absolute atomic E-state index is 0.453. The van der Waals surface area contributed by atoms with Crippen molar-refractivity contribution in [2.45, 2.75) is 92.7 Å². The van der Waals surface area contributed by atoms with E-state index in [2.05, 4.69) is 59.1 Å². The Kier molecular flexibility index (Phi) is 10.6. The first-order chi connectivity index (χ1) is 9.26. The van der Waals surface area contributed by atoms with Gasteiger partial charge in [0.15, 0.2) is 0 Å². The first-order valence-electron chi connectivity index (χ1n) is 8.73. The number of nitrogens with one attached hydrogen (secondary N) is 2. The fourth-order valence-electron chi connectivity index (χ4n) is 2.31. The van der Waals surface area contributed by atoms with Crippen LogP contribution >= 0.6 is 0 Å².